The summed E-state index contributed by atoms with van der Waals surface area (Å²) in [6, 6.07) is 5.15. The number of sulfonamides is 1. The lowest BCUT2D eigenvalue weighted by atomic mass is 10.2. The summed E-state index contributed by atoms with van der Waals surface area (Å²) in [5.41, 5.74) is 0.375. The van der Waals surface area contributed by atoms with Gasteiger partial charge in [-0.25, -0.2) is 18.4 Å². The maximum absolute atomic E-state index is 13.8. The van der Waals surface area contributed by atoms with Crippen molar-refractivity contribution in [2.75, 3.05) is 38.8 Å². The van der Waals surface area contributed by atoms with E-state index in [0.29, 0.717) is 41.3 Å². The van der Waals surface area contributed by atoms with E-state index in [4.69, 9.17) is 35.3 Å². The Balaban J connectivity index is 2.13. The number of benzene rings is 1. The van der Waals surface area contributed by atoms with Crippen molar-refractivity contribution >= 4 is 40.1 Å². The van der Waals surface area contributed by atoms with Gasteiger partial charge >= 0.3 is 0 Å². The highest BCUT2D eigenvalue weighted by atomic mass is 35.5. The highest BCUT2D eigenvalue weighted by Crippen LogP contribution is 2.37. The number of aromatic nitrogens is 3. The number of para-hydroxylation sites is 1. The number of halogens is 1. The monoisotopic (exact) mass is 598 g/mol. The minimum atomic E-state index is -4.21. The second-order valence-electron chi connectivity index (χ2n) is 8.98. The third-order valence-corrected chi connectivity index (χ3v) is 7.57. The number of allylic oxidation sites excluding steroid dienone is 1. The van der Waals surface area contributed by atoms with Crippen LogP contribution in [0.1, 0.15) is 39.6 Å². The van der Waals surface area contributed by atoms with E-state index < -0.39 is 27.5 Å². The minimum Gasteiger partial charge on any atom is -0.494 e. The second kappa shape index (κ2) is 14.0. The molecule has 0 aliphatic carbocycles. The van der Waals surface area contributed by atoms with Crippen LogP contribution in [-0.2, 0) is 24.2 Å². The Bertz CT molecular complexity index is 1310. The number of methoxy groups -OCH3 is 2. The summed E-state index contributed by atoms with van der Waals surface area (Å²) < 4.78 is 60.2. The van der Waals surface area contributed by atoms with E-state index in [1.54, 1.807) is 39.0 Å². The summed E-state index contributed by atoms with van der Waals surface area (Å²) in [6.07, 6.45) is -0.725. The van der Waals surface area contributed by atoms with Gasteiger partial charge in [-0.05, 0) is 46.5 Å². The zero-order chi connectivity index (χ0) is 29.4. The van der Waals surface area contributed by atoms with E-state index in [0.717, 1.165) is 0 Å². The highest BCUT2D eigenvalue weighted by Gasteiger charge is 2.37. The SMILES string of the molecule is C=NC(=N/C=C(\C)Cl)[C@H](OC(C)C)[C@H](C)S(=O)(=O)Nc1nnc([C@@H]2COCCO2)n1-c1c(OC)cccc1OC. The zero-order valence-electron chi connectivity index (χ0n) is 23.3. The molecule has 0 saturated carbocycles. The van der Waals surface area contributed by atoms with Crippen LogP contribution in [0.5, 0.6) is 11.5 Å². The van der Waals surface area contributed by atoms with Gasteiger partial charge in [-0.15, -0.1) is 10.2 Å². The Kier molecular flexibility index (Phi) is 11.0. The molecule has 13 nitrogen and oxygen atoms in total. The Labute approximate surface area is 239 Å². The molecule has 15 heteroatoms. The average molecular weight is 599 g/mol. The van der Waals surface area contributed by atoms with Gasteiger partial charge in [0.05, 0.1) is 40.1 Å². The van der Waals surface area contributed by atoms with Crippen LogP contribution < -0.4 is 14.2 Å². The fourth-order valence-corrected chi connectivity index (χ4v) is 5.03. The summed E-state index contributed by atoms with van der Waals surface area (Å²) in [5.74, 6) is 0.998. The van der Waals surface area contributed by atoms with Gasteiger partial charge in [-0.2, -0.15) is 0 Å². The van der Waals surface area contributed by atoms with Crippen molar-refractivity contribution in [2.45, 2.75) is 51.3 Å². The van der Waals surface area contributed by atoms with E-state index in [2.05, 4.69) is 31.6 Å². The van der Waals surface area contributed by atoms with Gasteiger partial charge in [0.2, 0.25) is 16.0 Å². The van der Waals surface area contributed by atoms with Crippen LogP contribution in [0.25, 0.3) is 5.69 Å². The van der Waals surface area contributed by atoms with E-state index in [1.807, 2.05) is 0 Å². The molecular formula is C25H35ClN6O7S. The number of nitrogens with one attached hydrogen (secondary N) is 1. The van der Waals surface area contributed by atoms with Gasteiger partial charge in [-0.1, -0.05) is 17.7 Å². The second-order valence-corrected chi connectivity index (χ2v) is 11.6. The van der Waals surface area contributed by atoms with Crippen LogP contribution in [0.4, 0.5) is 5.95 Å². The van der Waals surface area contributed by atoms with E-state index in [-0.39, 0.29) is 24.5 Å². The van der Waals surface area contributed by atoms with E-state index in [9.17, 15) is 8.42 Å². The Morgan fingerprint density at radius 1 is 1.23 bits per heavy atom. The molecule has 0 radical (unpaired) electrons. The van der Waals surface area contributed by atoms with E-state index >= 15 is 0 Å². The molecule has 2 heterocycles. The van der Waals surface area contributed by atoms with Crippen molar-refractivity contribution in [1.29, 1.82) is 0 Å². The summed E-state index contributed by atoms with van der Waals surface area (Å²) in [6.45, 7) is 11.1. The van der Waals surface area contributed by atoms with Crippen LogP contribution in [0.2, 0.25) is 0 Å². The molecule has 0 amide bonds. The molecule has 3 atom stereocenters. The number of rotatable bonds is 12. The Morgan fingerprint density at radius 2 is 1.90 bits per heavy atom. The van der Waals surface area contributed by atoms with Crippen LogP contribution in [0.15, 0.2) is 39.4 Å². The zero-order valence-corrected chi connectivity index (χ0v) is 24.9. The van der Waals surface area contributed by atoms with Gasteiger partial charge in [0, 0.05) is 11.2 Å². The number of ether oxygens (including phenoxy) is 5. The predicted molar refractivity (Wildman–Crippen MR) is 153 cm³/mol. The number of hydrogen-bond acceptors (Lipinski definition) is 10. The largest absolute Gasteiger partial charge is 0.494 e. The number of aliphatic imine (C=N–C) groups is 2. The number of amidine groups is 1. The number of anilines is 1. The normalized spacial score (nSPS) is 18.4. The molecule has 220 valence electrons. The van der Waals surface area contributed by atoms with Gasteiger partial charge in [0.1, 0.15) is 34.6 Å². The molecule has 0 unspecified atom stereocenters. The molecule has 0 bridgehead atoms. The smallest absolute Gasteiger partial charge is 0.243 e. The van der Waals surface area contributed by atoms with E-state index in [1.165, 1.54) is 31.9 Å². The molecule has 3 rings (SSSR count). The average Bonchev–Trinajstić information content (AvgIpc) is 3.33. The lowest BCUT2D eigenvalue weighted by Crippen LogP contribution is -2.43. The molecule has 1 fully saturated rings. The quantitative estimate of drug-likeness (QED) is 0.286. The Hall–Kier alpha value is -3.04. The third-order valence-electron chi connectivity index (χ3n) is 5.78. The molecule has 1 saturated heterocycles. The van der Waals surface area contributed by atoms with Crippen molar-refractivity contribution in [3.63, 3.8) is 0 Å². The van der Waals surface area contributed by atoms with Crippen LogP contribution in [-0.4, -0.2) is 87.2 Å². The minimum absolute atomic E-state index is 0.0490. The molecular weight excluding hydrogens is 564 g/mol. The van der Waals surface area contributed by atoms with Crippen molar-refractivity contribution in [2.24, 2.45) is 9.98 Å². The topological polar surface area (TPSA) is 148 Å². The first kappa shape index (κ1) is 31.5. The molecule has 1 aromatic carbocycles. The lowest BCUT2D eigenvalue weighted by molar-refractivity contribution is -0.0941. The molecule has 0 spiro atoms. The van der Waals surface area contributed by atoms with Gasteiger partial charge in [0.25, 0.3) is 0 Å². The molecule has 1 aliphatic heterocycles. The van der Waals surface area contributed by atoms with Gasteiger partial charge in [0.15, 0.2) is 11.7 Å². The Morgan fingerprint density at radius 3 is 2.42 bits per heavy atom. The van der Waals surface area contributed by atoms with Gasteiger partial charge < -0.3 is 23.7 Å². The fourth-order valence-electron chi connectivity index (χ4n) is 3.90. The van der Waals surface area contributed by atoms with Gasteiger partial charge in [-0.3, -0.25) is 9.29 Å². The maximum atomic E-state index is 13.8. The molecule has 40 heavy (non-hydrogen) atoms. The summed E-state index contributed by atoms with van der Waals surface area (Å²) in [7, 11) is -1.24. The first-order valence-electron chi connectivity index (χ1n) is 12.4. The summed E-state index contributed by atoms with van der Waals surface area (Å²) in [5, 5.41) is 7.61. The summed E-state index contributed by atoms with van der Waals surface area (Å²) in [4.78, 5) is 8.11. The van der Waals surface area contributed by atoms with Crippen molar-refractivity contribution < 1.29 is 32.1 Å². The van der Waals surface area contributed by atoms with Crippen molar-refractivity contribution in [3.05, 3.63) is 35.3 Å². The van der Waals surface area contributed by atoms with Crippen LogP contribution >= 0.6 is 11.6 Å². The first-order valence-corrected chi connectivity index (χ1v) is 14.4. The summed E-state index contributed by atoms with van der Waals surface area (Å²) >= 11 is 5.92. The fraction of sp³-hybridized carbons (Fsp3) is 0.520. The standard InChI is InChI=1S/C25H35ClN6O7S/c1-15(2)39-22(23(27-5)28-13-16(3)26)17(4)40(33,34)31-25-30-29-24(20-14-37-11-12-38-20)32(25)21-18(35-6)9-8-10-19(21)36-7/h8-10,13,15,17,20,22H,5,11-12,14H2,1-4,6-7H3,(H,30,31)/b16-13+,28-23?/t17-,20-,22+/m0/s1. The molecule has 2 aromatic rings. The molecule has 1 aliphatic rings. The third kappa shape index (κ3) is 7.37. The first-order chi connectivity index (χ1) is 19.0. The lowest BCUT2D eigenvalue weighted by Gasteiger charge is -2.26. The van der Waals surface area contributed by atoms with Crippen LogP contribution in [0, 0.1) is 0 Å². The highest BCUT2D eigenvalue weighted by molar-refractivity contribution is 7.93. The molecule has 1 aromatic heterocycles. The number of nitrogens with zero attached hydrogens (tertiary/aromatic N) is 5. The van der Waals surface area contributed by atoms with Crippen LogP contribution in [0.3, 0.4) is 0 Å². The maximum Gasteiger partial charge on any atom is 0.243 e. The van der Waals surface area contributed by atoms with Crippen molar-refractivity contribution in [1.82, 2.24) is 14.8 Å². The number of hydrogen-bond donors (Lipinski definition) is 1. The molecule has 1 N–H and O–H groups in total. The predicted octanol–water partition coefficient (Wildman–Crippen LogP) is 3.50. The van der Waals surface area contributed by atoms with Crippen molar-refractivity contribution in [3.8, 4) is 17.2 Å².